The maximum absolute atomic E-state index is 12.1. The van der Waals surface area contributed by atoms with Crippen molar-refractivity contribution in [1.29, 1.82) is 0 Å². The van der Waals surface area contributed by atoms with Gasteiger partial charge in [0.1, 0.15) is 5.75 Å². The molecule has 1 aliphatic heterocycles. The van der Waals surface area contributed by atoms with E-state index in [-0.39, 0.29) is 12.5 Å². The van der Waals surface area contributed by atoms with Crippen molar-refractivity contribution in [1.82, 2.24) is 0 Å². The maximum Gasteiger partial charge on any atom is 0.262 e. The van der Waals surface area contributed by atoms with E-state index in [9.17, 15) is 4.79 Å². The first-order valence-electron chi connectivity index (χ1n) is 9.07. The molecule has 1 N–H and O–H groups in total. The van der Waals surface area contributed by atoms with Crippen LogP contribution in [0.25, 0.3) is 0 Å². The molecule has 0 radical (unpaired) electrons. The molecule has 3 aromatic rings. The van der Waals surface area contributed by atoms with Gasteiger partial charge in [-0.25, -0.2) is 0 Å². The number of anilines is 2. The Morgan fingerprint density at radius 2 is 2.04 bits per heavy atom. The highest BCUT2D eigenvalue weighted by Gasteiger charge is 2.17. The van der Waals surface area contributed by atoms with Crippen LogP contribution in [-0.4, -0.2) is 19.1 Å². The van der Waals surface area contributed by atoms with Gasteiger partial charge in [0.2, 0.25) is 0 Å². The SMILES string of the molecule is Cc1cccc(OCC(=O)Nc2ccc(N3CCc4sccc4C3)cc2)c1. The molecule has 0 fully saturated rings. The highest BCUT2D eigenvalue weighted by molar-refractivity contribution is 7.10. The smallest absolute Gasteiger partial charge is 0.262 e. The number of benzene rings is 2. The van der Waals surface area contributed by atoms with Crippen molar-refractivity contribution in [2.75, 3.05) is 23.4 Å². The van der Waals surface area contributed by atoms with Gasteiger partial charge in [-0.2, -0.15) is 0 Å². The summed E-state index contributed by atoms with van der Waals surface area (Å²) in [6.07, 6.45) is 1.10. The van der Waals surface area contributed by atoms with Gasteiger partial charge >= 0.3 is 0 Å². The van der Waals surface area contributed by atoms with Gasteiger partial charge in [-0.1, -0.05) is 12.1 Å². The molecule has 4 rings (SSSR count). The Morgan fingerprint density at radius 1 is 1.19 bits per heavy atom. The Labute approximate surface area is 163 Å². The Morgan fingerprint density at radius 3 is 2.85 bits per heavy atom. The Hall–Kier alpha value is -2.79. The lowest BCUT2D eigenvalue weighted by Crippen LogP contribution is -2.29. The number of aryl methyl sites for hydroxylation is 1. The topological polar surface area (TPSA) is 41.6 Å². The third kappa shape index (κ3) is 4.31. The predicted octanol–water partition coefficient (Wildman–Crippen LogP) is 4.64. The summed E-state index contributed by atoms with van der Waals surface area (Å²) in [5, 5.41) is 5.06. The van der Waals surface area contributed by atoms with Crippen molar-refractivity contribution in [3.8, 4) is 5.75 Å². The van der Waals surface area contributed by atoms with Crippen LogP contribution in [0.15, 0.2) is 60.0 Å². The number of carbonyl (C=O) groups excluding carboxylic acids is 1. The summed E-state index contributed by atoms with van der Waals surface area (Å²) in [5.41, 5.74) is 4.50. The Kier molecular flexibility index (Phi) is 5.12. The van der Waals surface area contributed by atoms with Crippen LogP contribution in [0.5, 0.6) is 5.75 Å². The second-order valence-corrected chi connectivity index (χ2v) is 7.74. The highest BCUT2D eigenvalue weighted by atomic mass is 32.1. The minimum Gasteiger partial charge on any atom is -0.484 e. The molecule has 1 aromatic heterocycles. The fourth-order valence-corrected chi connectivity index (χ4v) is 4.17. The van der Waals surface area contributed by atoms with Gasteiger partial charge in [-0.3, -0.25) is 4.79 Å². The normalized spacial score (nSPS) is 13.1. The van der Waals surface area contributed by atoms with E-state index in [1.807, 2.05) is 54.7 Å². The van der Waals surface area contributed by atoms with Crippen molar-refractivity contribution in [2.45, 2.75) is 19.9 Å². The largest absolute Gasteiger partial charge is 0.484 e. The summed E-state index contributed by atoms with van der Waals surface area (Å²) in [7, 11) is 0. The molecule has 0 saturated carbocycles. The standard InChI is InChI=1S/C22H22N2O2S/c1-16-3-2-4-20(13-16)26-15-22(25)23-18-5-7-19(8-6-18)24-11-9-21-17(14-24)10-12-27-21/h2-8,10,12-13H,9,11,14-15H2,1H3,(H,23,25). The monoisotopic (exact) mass is 378 g/mol. The lowest BCUT2D eigenvalue weighted by atomic mass is 10.1. The number of amides is 1. The molecule has 1 amide bonds. The van der Waals surface area contributed by atoms with Gasteiger partial charge in [-0.05, 0) is 72.3 Å². The molecule has 0 saturated heterocycles. The second-order valence-electron chi connectivity index (χ2n) is 6.74. The van der Waals surface area contributed by atoms with E-state index in [1.165, 1.54) is 16.1 Å². The van der Waals surface area contributed by atoms with Crippen molar-refractivity contribution in [3.05, 3.63) is 76.0 Å². The Bertz CT molecular complexity index is 933. The zero-order valence-electron chi connectivity index (χ0n) is 15.3. The minimum atomic E-state index is -0.162. The van der Waals surface area contributed by atoms with Crippen LogP contribution in [0.1, 0.15) is 16.0 Å². The third-order valence-corrected chi connectivity index (χ3v) is 5.71. The number of ether oxygens (including phenoxy) is 1. The molecule has 2 aromatic carbocycles. The number of nitrogens with zero attached hydrogens (tertiary/aromatic N) is 1. The molecular weight excluding hydrogens is 356 g/mol. The maximum atomic E-state index is 12.1. The van der Waals surface area contributed by atoms with Gasteiger partial charge in [0.25, 0.3) is 5.91 Å². The molecule has 2 heterocycles. The molecule has 4 nitrogen and oxygen atoms in total. The molecule has 27 heavy (non-hydrogen) atoms. The number of fused-ring (bicyclic) bond motifs is 1. The van der Waals surface area contributed by atoms with E-state index < -0.39 is 0 Å². The van der Waals surface area contributed by atoms with Crippen molar-refractivity contribution < 1.29 is 9.53 Å². The summed E-state index contributed by atoms with van der Waals surface area (Å²) >= 11 is 1.85. The summed E-state index contributed by atoms with van der Waals surface area (Å²) in [5.74, 6) is 0.545. The first-order valence-corrected chi connectivity index (χ1v) is 9.95. The fraction of sp³-hybridized carbons (Fsp3) is 0.227. The van der Waals surface area contributed by atoms with Gasteiger partial charge in [0.05, 0.1) is 0 Å². The van der Waals surface area contributed by atoms with E-state index in [4.69, 9.17) is 4.74 Å². The molecule has 0 spiro atoms. The number of rotatable bonds is 5. The third-order valence-electron chi connectivity index (χ3n) is 4.68. The van der Waals surface area contributed by atoms with Crippen molar-refractivity contribution in [3.63, 3.8) is 0 Å². The van der Waals surface area contributed by atoms with Crippen LogP contribution in [-0.2, 0) is 17.8 Å². The van der Waals surface area contributed by atoms with Crippen LogP contribution in [0.2, 0.25) is 0 Å². The number of hydrogen-bond acceptors (Lipinski definition) is 4. The molecule has 0 atom stereocenters. The van der Waals surface area contributed by atoms with E-state index in [2.05, 4.69) is 33.8 Å². The molecule has 1 aliphatic rings. The van der Waals surface area contributed by atoms with Gasteiger partial charge in [0, 0.05) is 29.3 Å². The summed E-state index contributed by atoms with van der Waals surface area (Å²) in [4.78, 5) is 16.0. The quantitative estimate of drug-likeness (QED) is 0.703. The highest BCUT2D eigenvalue weighted by Crippen LogP contribution is 2.28. The minimum absolute atomic E-state index is 0.00172. The Balaban J connectivity index is 1.32. The molecule has 0 unspecified atom stereocenters. The number of nitrogens with one attached hydrogen (secondary N) is 1. The second kappa shape index (κ2) is 7.84. The van der Waals surface area contributed by atoms with Crippen LogP contribution < -0.4 is 15.0 Å². The lowest BCUT2D eigenvalue weighted by Gasteiger charge is -2.29. The number of hydrogen-bond donors (Lipinski definition) is 1. The van der Waals surface area contributed by atoms with Crippen molar-refractivity contribution >= 4 is 28.6 Å². The summed E-state index contributed by atoms with van der Waals surface area (Å²) in [6.45, 7) is 3.98. The van der Waals surface area contributed by atoms with Crippen LogP contribution >= 0.6 is 11.3 Å². The number of carbonyl (C=O) groups is 1. The van der Waals surface area contributed by atoms with Crippen LogP contribution in [0.3, 0.4) is 0 Å². The average molecular weight is 378 g/mol. The first-order chi connectivity index (χ1) is 13.2. The molecular formula is C22H22N2O2S. The molecule has 138 valence electrons. The molecule has 0 bridgehead atoms. The molecule has 0 aliphatic carbocycles. The summed E-state index contributed by atoms with van der Waals surface area (Å²) in [6, 6.07) is 17.9. The van der Waals surface area contributed by atoms with Crippen LogP contribution in [0, 0.1) is 6.92 Å². The van der Waals surface area contributed by atoms with Gasteiger partial charge in [-0.15, -0.1) is 11.3 Å². The van der Waals surface area contributed by atoms with Crippen LogP contribution in [0.4, 0.5) is 11.4 Å². The fourth-order valence-electron chi connectivity index (χ4n) is 3.28. The van der Waals surface area contributed by atoms with E-state index in [1.54, 1.807) is 0 Å². The van der Waals surface area contributed by atoms with E-state index in [0.717, 1.165) is 30.8 Å². The lowest BCUT2D eigenvalue weighted by molar-refractivity contribution is -0.118. The summed E-state index contributed by atoms with van der Waals surface area (Å²) < 4.78 is 5.55. The number of thiophene rings is 1. The molecule has 5 heteroatoms. The zero-order chi connectivity index (χ0) is 18.6. The van der Waals surface area contributed by atoms with E-state index >= 15 is 0 Å². The average Bonchev–Trinajstić information content (AvgIpc) is 3.15. The van der Waals surface area contributed by atoms with E-state index in [0.29, 0.717) is 5.75 Å². The predicted molar refractivity (Wildman–Crippen MR) is 111 cm³/mol. The van der Waals surface area contributed by atoms with Gasteiger partial charge in [0.15, 0.2) is 6.61 Å². The first kappa shape index (κ1) is 17.6. The zero-order valence-corrected chi connectivity index (χ0v) is 16.1. The van der Waals surface area contributed by atoms with Crippen molar-refractivity contribution in [2.24, 2.45) is 0 Å². The van der Waals surface area contributed by atoms with Gasteiger partial charge < -0.3 is 15.0 Å².